The Bertz CT molecular complexity index is 578. The molecule has 0 amide bonds. The largest absolute Gasteiger partial charge is 0.544 e. The van der Waals surface area contributed by atoms with E-state index in [-0.39, 0.29) is 25.8 Å². The van der Waals surface area contributed by atoms with E-state index in [1.165, 1.54) is 51.4 Å². The Morgan fingerprint density at radius 3 is 1.43 bits per heavy atom. The summed E-state index contributed by atoms with van der Waals surface area (Å²) in [5.41, 5.74) is 0. The highest BCUT2D eigenvalue weighted by Crippen LogP contribution is 2.32. The van der Waals surface area contributed by atoms with Crippen LogP contribution in [0.3, 0.4) is 0 Å². The Morgan fingerprint density at radius 2 is 1.06 bits per heavy atom. The zero-order chi connectivity index (χ0) is 26.7. The second-order valence-electron chi connectivity index (χ2n) is 9.72. The molecule has 0 aromatic heterocycles. The van der Waals surface area contributed by atoms with E-state index < -0.39 is 40.5 Å². The molecule has 204 valence electrons. The average molecular weight is 498 g/mol. The van der Waals surface area contributed by atoms with Gasteiger partial charge in [-0.2, -0.15) is 0 Å². The highest BCUT2D eigenvalue weighted by atomic mass is 16.4. The van der Waals surface area contributed by atoms with Crippen LogP contribution in [0.25, 0.3) is 0 Å². The van der Waals surface area contributed by atoms with Crippen molar-refractivity contribution >= 4 is 17.9 Å². The molecule has 0 aliphatic rings. The van der Waals surface area contributed by atoms with Gasteiger partial charge < -0.3 is 20.1 Å². The number of allylic oxidation sites excluding steroid dienone is 2. The maximum Gasteiger partial charge on any atom is 0.362 e. The zero-order valence-electron chi connectivity index (χ0n) is 22.7. The fourth-order valence-corrected chi connectivity index (χ4v) is 5.55. The van der Waals surface area contributed by atoms with Crippen molar-refractivity contribution in [3.8, 4) is 0 Å². The predicted octanol–water partition coefficient (Wildman–Crippen LogP) is 5.32. The highest BCUT2D eigenvalue weighted by molar-refractivity contribution is 5.77. The van der Waals surface area contributed by atoms with Crippen molar-refractivity contribution in [1.29, 1.82) is 0 Å². The molecule has 2 N–H and O–H groups in total. The number of aliphatic carboxylic acids is 3. The number of carbonyl (C=O) groups is 3. The fourth-order valence-electron chi connectivity index (χ4n) is 5.55. The number of carbonyl (C=O) groups excluding carboxylic acids is 1. The van der Waals surface area contributed by atoms with E-state index in [1.807, 2.05) is 0 Å². The van der Waals surface area contributed by atoms with Crippen LogP contribution in [0.2, 0.25) is 0 Å². The minimum Gasteiger partial charge on any atom is -0.544 e. The molecule has 0 saturated heterocycles. The van der Waals surface area contributed by atoms with Crippen LogP contribution >= 0.6 is 0 Å². The van der Waals surface area contributed by atoms with Crippen LogP contribution in [0, 0.1) is 0 Å². The summed E-state index contributed by atoms with van der Waals surface area (Å²) in [7, 11) is 0. The van der Waals surface area contributed by atoms with E-state index in [9.17, 15) is 29.7 Å². The van der Waals surface area contributed by atoms with Crippen LogP contribution in [0.15, 0.2) is 12.2 Å². The molecule has 0 aromatic rings. The number of carboxylic acid groups (broad SMARTS) is 3. The Kier molecular flexibility index (Phi) is 18.3. The van der Waals surface area contributed by atoms with Gasteiger partial charge in [0.15, 0.2) is 12.1 Å². The Morgan fingerprint density at radius 1 is 0.657 bits per heavy atom. The van der Waals surface area contributed by atoms with Gasteiger partial charge in [-0.15, -0.1) is 0 Å². The SMILES string of the molecule is CCCCCCCCCCC/C=C/CCC[N+](C(CC)C(=O)[O-])(C(CC)C(=O)O)C(CC)C(=O)O. The van der Waals surface area contributed by atoms with E-state index in [0.29, 0.717) is 12.8 Å². The number of hydrogen-bond donors (Lipinski definition) is 2. The van der Waals surface area contributed by atoms with Crippen molar-refractivity contribution in [2.45, 2.75) is 142 Å². The first kappa shape index (κ1) is 33.1. The number of hydrogen-bond acceptors (Lipinski definition) is 4. The van der Waals surface area contributed by atoms with E-state index in [1.54, 1.807) is 20.8 Å². The summed E-state index contributed by atoms with van der Waals surface area (Å²) in [4.78, 5) is 36.4. The molecule has 0 saturated carbocycles. The van der Waals surface area contributed by atoms with E-state index in [2.05, 4.69) is 19.1 Å². The second kappa shape index (κ2) is 19.3. The monoisotopic (exact) mass is 497 g/mol. The molecule has 0 fully saturated rings. The van der Waals surface area contributed by atoms with E-state index >= 15 is 0 Å². The quantitative estimate of drug-likeness (QED) is 0.112. The minimum absolute atomic E-state index is 0.115. The summed E-state index contributed by atoms with van der Waals surface area (Å²) in [5.74, 6) is -3.70. The molecule has 0 aliphatic carbocycles. The topological polar surface area (TPSA) is 115 Å². The lowest BCUT2D eigenvalue weighted by molar-refractivity contribution is -0.974. The molecule has 7 heteroatoms. The maximum absolute atomic E-state index is 12.2. The van der Waals surface area contributed by atoms with Crippen LogP contribution in [0.5, 0.6) is 0 Å². The summed E-state index contributed by atoms with van der Waals surface area (Å²) in [6.45, 7) is 7.40. The maximum atomic E-state index is 12.2. The van der Waals surface area contributed by atoms with Gasteiger partial charge in [-0.1, -0.05) is 91.2 Å². The van der Waals surface area contributed by atoms with Crippen LogP contribution in [0.4, 0.5) is 0 Å². The lowest BCUT2D eigenvalue weighted by atomic mass is 9.94. The lowest BCUT2D eigenvalue weighted by Crippen LogP contribution is -2.73. The summed E-state index contributed by atoms with van der Waals surface area (Å²) >= 11 is 0. The van der Waals surface area contributed by atoms with Crippen LogP contribution < -0.4 is 5.11 Å². The normalized spacial score (nSPS) is 16.0. The second-order valence-corrected chi connectivity index (χ2v) is 9.72. The summed E-state index contributed by atoms with van der Waals surface area (Å²) in [5, 5.41) is 32.0. The average Bonchev–Trinajstić information content (AvgIpc) is 2.79. The Hall–Kier alpha value is -1.89. The molecule has 0 aliphatic heterocycles. The number of quaternary nitrogens is 1. The van der Waals surface area contributed by atoms with Crippen molar-refractivity contribution in [2.24, 2.45) is 0 Å². The van der Waals surface area contributed by atoms with Crippen molar-refractivity contribution in [3.63, 3.8) is 0 Å². The van der Waals surface area contributed by atoms with Crippen molar-refractivity contribution in [2.75, 3.05) is 6.54 Å². The molecule has 35 heavy (non-hydrogen) atoms. The molecule has 7 nitrogen and oxygen atoms in total. The molecule has 0 radical (unpaired) electrons. The number of carboxylic acids is 3. The number of rotatable bonds is 23. The Labute approximate surface area is 213 Å². The zero-order valence-corrected chi connectivity index (χ0v) is 22.7. The number of nitrogens with zero attached hydrogens (tertiary/aromatic N) is 1. The van der Waals surface area contributed by atoms with Gasteiger partial charge in [-0.25, -0.2) is 9.59 Å². The fraction of sp³-hybridized carbons (Fsp3) is 0.821. The van der Waals surface area contributed by atoms with Gasteiger partial charge in [0.05, 0.1) is 12.5 Å². The van der Waals surface area contributed by atoms with Crippen molar-refractivity contribution < 1.29 is 34.2 Å². The van der Waals surface area contributed by atoms with Crippen LogP contribution in [0.1, 0.15) is 124 Å². The smallest absolute Gasteiger partial charge is 0.362 e. The molecular weight excluding hydrogens is 446 g/mol. The van der Waals surface area contributed by atoms with E-state index in [4.69, 9.17) is 0 Å². The van der Waals surface area contributed by atoms with Crippen LogP contribution in [-0.2, 0) is 14.4 Å². The van der Waals surface area contributed by atoms with Crippen LogP contribution in [-0.4, -0.2) is 57.3 Å². The molecule has 0 heterocycles. The van der Waals surface area contributed by atoms with Gasteiger partial charge in [0.25, 0.3) is 0 Å². The summed E-state index contributed by atoms with van der Waals surface area (Å²) in [6, 6.07) is -3.43. The van der Waals surface area contributed by atoms with Gasteiger partial charge >= 0.3 is 11.9 Å². The third-order valence-corrected chi connectivity index (χ3v) is 7.30. The van der Waals surface area contributed by atoms with Gasteiger partial charge in [-0.05, 0) is 19.3 Å². The first-order chi connectivity index (χ1) is 16.7. The van der Waals surface area contributed by atoms with E-state index in [0.717, 1.165) is 12.8 Å². The molecule has 0 spiro atoms. The first-order valence-electron chi connectivity index (χ1n) is 13.9. The van der Waals surface area contributed by atoms with Gasteiger partial charge in [0, 0.05) is 25.7 Å². The molecule has 3 atom stereocenters. The summed E-state index contributed by atoms with van der Waals surface area (Å²) < 4.78 is -0.497. The van der Waals surface area contributed by atoms with Gasteiger partial charge in [-0.3, -0.25) is 4.48 Å². The molecule has 0 bridgehead atoms. The third kappa shape index (κ3) is 11.1. The minimum atomic E-state index is -1.38. The predicted molar refractivity (Wildman–Crippen MR) is 138 cm³/mol. The summed E-state index contributed by atoms with van der Waals surface area (Å²) in [6.07, 6.45) is 18.3. The molecule has 0 aromatic carbocycles. The lowest BCUT2D eigenvalue weighted by Gasteiger charge is -2.51. The molecule has 3 unspecified atom stereocenters. The Balaban J connectivity index is 5.06. The van der Waals surface area contributed by atoms with Gasteiger partial charge in [0.2, 0.25) is 0 Å². The standard InChI is InChI=1S/C28H51NO6/c1-5-9-10-11-12-13-14-15-16-17-18-19-20-21-22-29(23(6-2)26(30)31,24(7-3)27(32)33)25(8-4)28(34)35/h18-19,23-25H,5-17,20-22H2,1-4H3,(H2-,30,31,32,33,34,35)/b19-18+. The van der Waals surface area contributed by atoms with Gasteiger partial charge in [0.1, 0.15) is 6.04 Å². The highest BCUT2D eigenvalue weighted by Gasteiger charge is 2.53. The third-order valence-electron chi connectivity index (χ3n) is 7.30. The van der Waals surface area contributed by atoms with Crippen molar-refractivity contribution in [1.82, 2.24) is 0 Å². The number of unbranched alkanes of at least 4 members (excludes halogenated alkanes) is 10. The van der Waals surface area contributed by atoms with Crippen molar-refractivity contribution in [3.05, 3.63) is 12.2 Å². The molecule has 0 rings (SSSR count). The first-order valence-corrected chi connectivity index (χ1v) is 13.9. The molecular formula is C28H51NO6.